The molecule has 1 unspecified atom stereocenters. The Morgan fingerprint density at radius 1 is 1.60 bits per heavy atom. The van der Waals surface area contributed by atoms with Crippen molar-refractivity contribution in [3.05, 3.63) is 12.7 Å². The number of hydrogen-bond donors (Lipinski definition) is 1. The first-order chi connectivity index (χ1) is 6.85. The van der Waals surface area contributed by atoms with Gasteiger partial charge < -0.3 is 4.74 Å². The van der Waals surface area contributed by atoms with Gasteiger partial charge in [0, 0.05) is 6.08 Å². The molecule has 0 aromatic heterocycles. The molecule has 0 spiro atoms. The molecule has 0 aliphatic heterocycles. The van der Waals surface area contributed by atoms with Crippen LogP contribution in [0.4, 0.5) is 0 Å². The lowest BCUT2D eigenvalue weighted by Crippen LogP contribution is -2.15. The predicted octanol–water partition coefficient (Wildman–Crippen LogP) is 0.704. The maximum atomic E-state index is 10.6. The van der Waals surface area contributed by atoms with Gasteiger partial charge in [0.1, 0.15) is 0 Å². The molecule has 7 heteroatoms. The Kier molecular flexibility index (Phi) is 6.14. The second kappa shape index (κ2) is 6.54. The Morgan fingerprint density at radius 2 is 2.20 bits per heavy atom. The van der Waals surface area contributed by atoms with Gasteiger partial charge >= 0.3 is 16.4 Å². The van der Waals surface area contributed by atoms with Crippen molar-refractivity contribution in [2.24, 2.45) is 0 Å². The molecule has 0 heterocycles. The summed E-state index contributed by atoms with van der Waals surface area (Å²) >= 11 is 0. The number of esters is 1. The van der Waals surface area contributed by atoms with E-state index in [1.54, 1.807) is 0 Å². The van der Waals surface area contributed by atoms with E-state index < -0.39 is 22.5 Å². The molecule has 0 fully saturated rings. The van der Waals surface area contributed by atoms with Crippen molar-refractivity contribution in [1.82, 2.24) is 0 Å². The highest BCUT2D eigenvalue weighted by atomic mass is 32.3. The van der Waals surface area contributed by atoms with Gasteiger partial charge in [0.2, 0.25) is 0 Å². The van der Waals surface area contributed by atoms with Crippen LogP contribution >= 0.6 is 0 Å². The van der Waals surface area contributed by atoms with E-state index in [4.69, 9.17) is 4.55 Å². The first-order valence-electron chi connectivity index (χ1n) is 4.30. The summed E-state index contributed by atoms with van der Waals surface area (Å²) in [5.41, 5.74) is 0. The fraction of sp³-hybridized carbons (Fsp3) is 0.625. The van der Waals surface area contributed by atoms with Crippen LogP contribution in [-0.4, -0.2) is 31.7 Å². The van der Waals surface area contributed by atoms with E-state index in [-0.39, 0.29) is 6.61 Å². The van der Waals surface area contributed by atoms with Gasteiger partial charge in [-0.1, -0.05) is 6.58 Å². The van der Waals surface area contributed by atoms with Gasteiger partial charge in [-0.25, -0.2) is 8.98 Å². The lowest BCUT2D eigenvalue weighted by Gasteiger charge is -2.09. The van der Waals surface area contributed by atoms with Crippen molar-refractivity contribution in [3.63, 3.8) is 0 Å². The van der Waals surface area contributed by atoms with Crippen LogP contribution in [0.2, 0.25) is 0 Å². The van der Waals surface area contributed by atoms with Crippen LogP contribution in [0.3, 0.4) is 0 Å². The summed E-state index contributed by atoms with van der Waals surface area (Å²) in [6, 6.07) is 0. The maximum absolute atomic E-state index is 10.6. The van der Waals surface area contributed by atoms with E-state index in [1.165, 1.54) is 6.92 Å². The van der Waals surface area contributed by atoms with Crippen LogP contribution in [0.15, 0.2) is 12.7 Å². The molecule has 0 bridgehead atoms. The maximum Gasteiger partial charge on any atom is 0.397 e. The van der Waals surface area contributed by atoms with E-state index in [0.717, 1.165) is 6.08 Å². The molecule has 1 N–H and O–H groups in total. The number of ether oxygens (including phenoxy) is 1. The quantitative estimate of drug-likeness (QED) is 0.304. The van der Waals surface area contributed by atoms with Crippen LogP contribution in [0, 0.1) is 0 Å². The fourth-order valence-corrected chi connectivity index (χ4v) is 1.37. The monoisotopic (exact) mass is 238 g/mol. The first-order valence-corrected chi connectivity index (χ1v) is 5.66. The highest BCUT2D eigenvalue weighted by Gasteiger charge is 2.11. The molecule has 6 nitrogen and oxygen atoms in total. The van der Waals surface area contributed by atoms with Crippen LogP contribution in [0.5, 0.6) is 0 Å². The second-order valence-electron chi connectivity index (χ2n) is 2.85. The molecule has 0 aliphatic carbocycles. The largest absolute Gasteiger partial charge is 0.463 e. The van der Waals surface area contributed by atoms with Gasteiger partial charge in [-0.15, -0.1) is 0 Å². The molecule has 0 rings (SSSR count). The summed E-state index contributed by atoms with van der Waals surface area (Å²) in [5, 5.41) is 0. The zero-order valence-electron chi connectivity index (χ0n) is 8.38. The zero-order chi connectivity index (χ0) is 11.9. The lowest BCUT2D eigenvalue weighted by atomic mass is 10.2. The van der Waals surface area contributed by atoms with Gasteiger partial charge in [0.25, 0.3) is 0 Å². The standard InChI is InChI=1S/C8H14O6S/c1-3-8(9)13-6-4-5-7(2)14-15(10,11)12/h3,7H,1,4-6H2,2H3,(H,10,11,12). The fourth-order valence-electron chi connectivity index (χ4n) is 0.858. The van der Waals surface area contributed by atoms with E-state index in [0.29, 0.717) is 12.8 Å². The minimum atomic E-state index is -4.41. The SMILES string of the molecule is C=CC(=O)OCCCC(C)OS(=O)(=O)O. The lowest BCUT2D eigenvalue weighted by molar-refractivity contribution is -0.137. The molecule has 88 valence electrons. The molecule has 0 amide bonds. The highest BCUT2D eigenvalue weighted by molar-refractivity contribution is 7.80. The van der Waals surface area contributed by atoms with E-state index in [2.05, 4.69) is 15.5 Å². The molecule has 0 radical (unpaired) electrons. The van der Waals surface area contributed by atoms with Crippen LogP contribution in [0.25, 0.3) is 0 Å². The van der Waals surface area contributed by atoms with Gasteiger partial charge in [-0.3, -0.25) is 4.55 Å². The minimum Gasteiger partial charge on any atom is -0.463 e. The molecule has 0 aromatic carbocycles. The van der Waals surface area contributed by atoms with Gasteiger partial charge in [0.05, 0.1) is 12.7 Å². The summed E-state index contributed by atoms with van der Waals surface area (Å²) in [5.74, 6) is -0.529. The molecule has 0 saturated heterocycles. The predicted molar refractivity (Wildman–Crippen MR) is 52.5 cm³/mol. The summed E-state index contributed by atoms with van der Waals surface area (Å²) < 4.78 is 37.7. The molecular formula is C8H14O6S. The molecule has 0 aliphatic rings. The van der Waals surface area contributed by atoms with E-state index >= 15 is 0 Å². The smallest absolute Gasteiger partial charge is 0.397 e. The normalized spacial score (nSPS) is 13.2. The van der Waals surface area contributed by atoms with Gasteiger partial charge in [0.15, 0.2) is 0 Å². The second-order valence-corrected chi connectivity index (χ2v) is 3.90. The third-order valence-electron chi connectivity index (χ3n) is 1.45. The minimum absolute atomic E-state index is 0.157. The Balaban J connectivity index is 3.60. The van der Waals surface area contributed by atoms with Crippen molar-refractivity contribution in [3.8, 4) is 0 Å². The molecule has 1 atom stereocenters. The number of rotatable bonds is 7. The highest BCUT2D eigenvalue weighted by Crippen LogP contribution is 2.04. The number of carbonyl (C=O) groups excluding carboxylic acids is 1. The van der Waals surface area contributed by atoms with E-state index in [9.17, 15) is 13.2 Å². The van der Waals surface area contributed by atoms with Gasteiger partial charge in [-0.05, 0) is 19.8 Å². The third kappa shape index (κ3) is 9.39. The Morgan fingerprint density at radius 3 is 2.67 bits per heavy atom. The van der Waals surface area contributed by atoms with Crippen LogP contribution in [0.1, 0.15) is 19.8 Å². The van der Waals surface area contributed by atoms with E-state index in [1.807, 2.05) is 0 Å². The Hall–Kier alpha value is -0.920. The first kappa shape index (κ1) is 14.1. The van der Waals surface area contributed by atoms with Crippen molar-refractivity contribution in [1.29, 1.82) is 0 Å². The third-order valence-corrected chi connectivity index (χ3v) is 2.02. The zero-order valence-corrected chi connectivity index (χ0v) is 9.20. The molecule has 15 heavy (non-hydrogen) atoms. The Labute approximate surface area is 88.8 Å². The van der Waals surface area contributed by atoms with Crippen molar-refractivity contribution < 1.29 is 26.7 Å². The average molecular weight is 238 g/mol. The summed E-state index contributed by atoms with van der Waals surface area (Å²) in [6.45, 7) is 4.86. The number of carbonyl (C=O) groups is 1. The van der Waals surface area contributed by atoms with Crippen molar-refractivity contribution in [2.75, 3.05) is 6.61 Å². The average Bonchev–Trinajstić information content (AvgIpc) is 2.09. The summed E-state index contributed by atoms with van der Waals surface area (Å²) in [6.07, 6.45) is 1.18. The summed E-state index contributed by atoms with van der Waals surface area (Å²) in [4.78, 5) is 10.6. The molecule has 0 saturated carbocycles. The summed E-state index contributed by atoms with van der Waals surface area (Å²) in [7, 11) is -4.41. The van der Waals surface area contributed by atoms with Crippen LogP contribution in [-0.2, 0) is 24.1 Å². The van der Waals surface area contributed by atoms with Crippen molar-refractivity contribution in [2.45, 2.75) is 25.9 Å². The van der Waals surface area contributed by atoms with Crippen LogP contribution < -0.4 is 0 Å². The Bertz CT molecular complexity index is 307. The van der Waals surface area contributed by atoms with Crippen molar-refractivity contribution >= 4 is 16.4 Å². The van der Waals surface area contributed by atoms with Gasteiger partial charge in [-0.2, -0.15) is 8.42 Å². The topological polar surface area (TPSA) is 89.9 Å². The molecular weight excluding hydrogens is 224 g/mol. The number of hydrogen-bond acceptors (Lipinski definition) is 5. The molecule has 0 aromatic rings.